The number of hydrogen-bond donors (Lipinski definition) is 2. The summed E-state index contributed by atoms with van der Waals surface area (Å²) in [6, 6.07) is 0. The van der Waals surface area contributed by atoms with Crippen molar-refractivity contribution in [3.63, 3.8) is 0 Å². The molecule has 1 aromatic heterocycles. The van der Waals surface area contributed by atoms with Gasteiger partial charge < -0.3 is 0 Å². The standard InChI is InChI=1S/C20H31NOS2/c1-4-6-8-10-12-16-17(13-11-9-7-5-2)21(3)18(14-15-22)20(24)19(16)23/h14,24H,4-13H2,1-3H3/p+1. The lowest BCUT2D eigenvalue weighted by molar-refractivity contribution is -0.683. The van der Waals surface area contributed by atoms with E-state index in [1.807, 2.05) is 13.0 Å². The van der Waals surface area contributed by atoms with Gasteiger partial charge >= 0.3 is 0 Å². The largest absolute Gasteiger partial charge is 0.233 e. The lowest BCUT2D eigenvalue weighted by Gasteiger charge is -2.14. The van der Waals surface area contributed by atoms with Crippen LogP contribution >= 0.6 is 25.3 Å². The van der Waals surface area contributed by atoms with E-state index in [4.69, 9.17) is 12.6 Å². The second-order valence-electron chi connectivity index (χ2n) is 6.45. The van der Waals surface area contributed by atoms with Crippen LogP contribution in [0.1, 0.15) is 82.2 Å². The highest BCUT2D eigenvalue weighted by molar-refractivity contribution is 7.83. The summed E-state index contributed by atoms with van der Waals surface area (Å²) in [5.41, 5.74) is 3.41. The predicted octanol–water partition coefficient (Wildman–Crippen LogP) is 5.18. The minimum atomic E-state index is 0.784. The predicted molar refractivity (Wildman–Crippen MR) is 108 cm³/mol. The van der Waals surface area contributed by atoms with Crippen LogP contribution in [-0.4, -0.2) is 5.94 Å². The van der Waals surface area contributed by atoms with E-state index in [-0.39, 0.29) is 0 Å². The minimum Gasteiger partial charge on any atom is -0.233 e. The van der Waals surface area contributed by atoms with Crippen LogP contribution in [0.25, 0.3) is 6.08 Å². The van der Waals surface area contributed by atoms with Gasteiger partial charge in [-0.25, -0.2) is 4.79 Å². The molecule has 4 heteroatoms. The fourth-order valence-electron chi connectivity index (χ4n) is 3.16. The van der Waals surface area contributed by atoms with E-state index in [0.717, 1.165) is 28.3 Å². The third-order valence-corrected chi connectivity index (χ3v) is 5.73. The Morgan fingerprint density at radius 2 is 1.50 bits per heavy atom. The molecule has 0 aliphatic rings. The topological polar surface area (TPSA) is 20.9 Å². The molecule has 0 saturated carbocycles. The minimum absolute atomic E-state index is 0.784. The maximum absolute atomic E-state index is 10.9. The van der Waals surface area contributed by atoms with Crippen LogP contribution in [0.4, 0.5) is 0 Å². The average Bonchev–Trinajstić information content (AvgIpc) is 2.58. The molecule has 1 heterocycles. The zero-order chi connectivity index (χ0) is 17.9. The van der Waals surface area contributed by atoms with Crippen LogP contribution in [0, 0.1) is 0 Å². The summed E-state index contributed by atoms with van der Waals surface area (Å²) in [5.74, 6) is 1.90. The van der Waals surface area contributed by atoms with Gasteiger partial charge in [-0.15, -0.1) is 25.3 Å². The summed E-state index contributed by atoms with van der Waals surface area (Å²) in [6.45, 7) is 4.46. The Morgan fingerprint density at radius 1 is 0.917 bits per heavy atom. The zero-order valence-corrected chi connectivity index (χ0v) is 17.2. The maximum atomic E-state index is 10.9. The second kappa shape index (κ2) is 11.8. The molecule has 0 saturated heterocycles. The Morgan fingerprint density at radius 3 is 2.04 bits per heavy atom. The number of rotatable bonds is 11. The smallest absolute Gasteiger partial charge is 0.230 e. The Labute approximate surface area is 158 Å². The van der Waals surface area contributed by atoms with Crippen molar-refractivity contribution < 1.29 is 9.36 Å². The van der Waals surface area contributed by atoms with E-state index in [1.165, 1.54) is 68.7 Å². The lowest BCUT2D eigenvalue weighted by Crippen LogP contribution is -2.39. The highest BCUT2D eigenvalue weighted by Gasteiger charge is 2.24. The number of unbranched alkanes of at least 4 members (excludes halogenated alkanes) is 6. The summed E-state index contributed by atoms with van der Waals surface area (Å²) in [4.78, 5) is 12.6. The van der Waals surface area contributed by atoms with Crippen molar-refractivity contribution in [2.45, 2.75) is 87.8 Å². The van der Waals surface area contributed by atoms with E-state index < -0.39 is 0 Å². The fourth-order valence-corrected chi connectivity index (χ4v) is 3.86. The number of carbonyl (C=O) groups excluding carboxylic acids is 1. The molecule has 0 N–H and O–H groups in total. The first-order valence-corrected chi connectivity index (χ1v) is 10.1. The van der Waals surface area contributed by atoms with Crippen molar-refractivity contribution in [1.82, 2.24) is 0 Å². The van der Waals surface area contributed by atoms with Crippen molar-refractivity contribution >= 4 is 37.3 Å². The van der Waals surface area contributed by atoms with Gasteiger partial charge in [0, 0.05) is 16.9 Å². The van der Waals surface area contributed by atoms with Crippen molar-refractivity contribution in [1.29, 1.82) is 0 Å². The van der Waals surface area contributed by atoms with Crippen LogP contribution in [0.3, 0.4) is 0 Å². The molecule has 0 fully saturated rings. The average molecular weight is 367 g/mol. The van der Waals surface area contributed by atoms with Crippen molar-refractivity contribution in [3.05, 3.63) is 17.0 Å². The highest BCUT2D eigenvalue weighted by atomic mass is 32.1. The van der Waals surface area contributed by atoms with Crippen LogP contribution in [0.2, 0.25) is 0 Å². The normalized spacial score (nSPS) is 10.7. The van der Waals surface area contributed by atoms with Gasteiger partial charge in [0.2, 0.25) is 5.69 Å². The summed E-state index contributed by atoms with van der Waals surface area (Å²) < 4.78 is 2.12. The SMILES string of the molecule is CCCCCCc1c(S)c(S)c(C=C=O)[n+](C)c1CCCCCC. The Hall–Kier alpha value is -0.700. The van der Waals surface area contributed by atoms with Gasteiger partial charge in [0.15, 0.2) is 5.69 Å². The quantitative estimate of drug-likeness (QED) is 0.239. The van der Waals surface area contributed by atoms with Gasteiger partial charge in [0.05, 0.1) is 11.0 Å². The first-order chi connectivity index (χ1) is 11.6. The molecule has 0 bridgehead atoms. The van der Waals surface area contributed by atoms with Gasteiger partial charge in [0.1, 0.15) is 13.0 Å². The van der Waals surface area contributed by atoms with E-state index in [9.17, 15) is 4.79 Å². The lowest BCUT2D eigenvalue weighted by atomic mass is 9.99. The third kappa shape index (κ3) is 5.98. The first kappa shape index (κ1) is 21.3. The Bertz CT molecular complexity index is 578. The van der Waals surface area contributed by atoms with Gasteiger partial charge in [-0.3, -0.25) is 0 Å². The van der Waals surface area contributed by atoms with E-state index in [0.29, 0.717) is 0 Å². The molecule has 134 valence electrons. The number of pyridine rings is 1. The molecule has 1 aromatic rings. The molecule has 0 atom stereocenters. The number of thiol groups is 2. The van der Waals surface area contributed by atoms with Crippen LogP contribution in [0.15, 0.2) is 9.79 Å². The molecular weight excluding hydrogens is 334 g/mol. The molecule has 2 nitrogen and oxygen atoms in total. The number of aromatic nitrogens is 1. The summed E-state index contributed by atoms with van der Waals surface area (Å²) in [5, 5.41) is 0. The van der Waals surface area contributed by atoms with Crippen molar-refractivity contribution in [2.75, 3.05) is 0 Å². The van der Waals surface area contributed by atoms with Crippen LogP contribution in [0.5, 0.6) is 0 Å². The molecule has 0 amide bonds. The first-order valence-electron chi connectivity index (χ1n) is 9.24. The molecule has 0 aliphatic carbocycles. The molecule has 0 spiro atoms. The monoisotopic (exact) mass is 366 g/mol. The van der Waals surface area contributed by atoms with E-state index >= 15 is 0 Å². The van der Waals surface area contributed by atoms with Crippen LogP contribution in [-0.2, 0) is 24.7 Å². The van der Waals surface area contributed by atoms with Crippen molar-refractivity contribution in [2.24, 2.45) is 7.05 Å². The van der Waals surface area contributed by atoms with Gasteiger partial charge in [-0.2, -0.15) is 4.57 Å². The molecule has 0 aliphatic heterocycles. The van der Waals surface area contributed by atoms with Crippen molar-refractivity contribution in [3.8, 4) is 0 Å². The van der Waals surface area contributed by atoms with E-state index in [2.05, 4.69) is 31.0 Å². The molecule has 0 aromatic carbocycles. The summed E-state index contributed by atoms with van der Waals surface area (Å²) >= 11 is 9.35. The number of hydrogen-bond acceptors (Lipinski definition) is 3. The zero-order valence-electron chi connectivity index (χ0n) is 15.4. The highest BCUT2D eigenvalue weighted by Crippen LogP contribution is 2.29. The van der Waals surface area contributed by atoms with Crippen LogP contribution < -0.4 is 4.57 Å². The molecule has 24 heavy (non-hydrogen) atoms. The maximum Gasteiger partial charge on any atom is 0.230 e. The Kier molecular flexibility index (Phi) is 10.5. The molecule has 0 radical (unpaired) electrons. The number of nitrogens with zero attached hydrogens (tertiary/aromatic N) is 1. The van der Waals surface area contributed by atoms with E-state index in [1.54, 1.807) is 0 Å². The Balaban J connectivity index is 3.13. The van der Waals surface area contributed by atoms with Gasteiger partial charge in [0.25, 0.3) is 0 Å². The molecular formula is C20H32NOS2+. The second-order valence-corrected chi connectivity index (χ2v) is 7.34. The molecule has 0 unspecified atom stereocenters. The molecule has 1 rings (SSSR count). The summed E-state index contributed by atoms with van der Waals surface area (Å²) in [7, 11) is 2.03. The third-order valence-electron chi connectivity index (χ3n) is 4.61. The van der Waals surface area contributed by atoms with Gasteiger partial charge in [-0.1, -0.05) is 52.4 Å². The summed E-state index contributed by atoms with van der Waals surface area (Å²) in [6.07, 6.45) is 13.4. The van der Waals surface area contributed by atoms with Gasteiger partial charge in [-0.05, 0) is 19.3 Å². The fraction of sp³-hybridized carbons (Fsp3) is 0.650.